The molecule has 34 heavy (non-hydrogen) atoms. The van der Waals surface area contributed by atoms with Crippen molar-refractivity contribution < 1.29 is 32.5 Å². The molecule has 3 rings (SSSR count). The summed E-state index contributed by atoms with van der Waals surface area (Å²) < 4.78 is 50.1. The molecule has 0 bridgehead atoms. The summed E-state index contributed by atoms with van der Waals surface area (Å²) in [7, 11) is 0. The van der Waals surface area contributed by atoms with Crippen LogP contribution in [-0.2, 0) is 17.6 Å². The number of unbranched alkanes of at least 4 members (excludes halogenated alkanes) is 1. The van der Waals surface area contributed by atoms with Gasteiger partial charge in [0.25, 0.3) is 0 Å². The first kappa shape index (κ1) is 24.9. The highest BCUT2D eigenvalue weighted by Gasteiger charge is 2.29. The van der Waals surface area contributed by atoms with Crippen LogP contribution >= 0.6 is 0 Å². The molecule has 0 heterocycles. The van der Waals surface area contributed by atoms with E-state index in [4.69, 9.17) is 9.47 Å². The molecular formula is C27H25F3O4. The van der Waals surface area contributed by atoms with Gasteiger partial charge in [-0.25, -0.2) is 4.79 Å². The molecule has 3 aromatic rings. The van der Waals surface area contributed by atoms with Crippen molar-refractivity contribution in [3.05, 3.63) is 95.1 Å². The van der Waals surface area contributed by atoms with Crippen molar-refractivity contribution in [2.45, 2.75) is 39.0 Å². The first-order chi connectivity index (χ1) is 16.3. The van der Waals surface area contributed by atoms with Crippen LogP contribution in [0.15, 0.2) is 78.4 Å². The minimum absolute atomic E-state index is 0.0230. The van der Waals surface area contributed by atoms with Gasteiger partial charge in [-0.1, -0.05) is 43.7 Å². The summed E-state index contributed by atoms with van der Waals surface area (Å²) in [6.45, 7) is 2.00. The molecule has 7 heteroatoms. The summed E-state index contributed by atoms with van der Waals surface area (Å²) in [6.07, 6.45) is -0.886. The molecule has 178 valence electrons. The summed E-state index contributed by atoms with van der Waals surface area (Å²) in [5.74, 6) is 0.506. The monoisotopic (exact) mass is 470 g/mol. The molecule has 0 aliphatic carbocycles. The Morgan fingerprint density at radius 1 is 0.971 bits per heavy atom. The quantitative estimate of drug-likeness (QED) is 0.308. The number of rotatable bonds is 10. The second-order valence-corrected chi connectivity index (χ2v) is 7.68. The molecule has 0 spiro atoms. The summed E-state index contributed by atoms with van der Waals surface area (Å²) in [4.78, 5) is 11.8. The number of carboxylic acid groups (broad SMARTS) is 1. The van der Waals surface area contributed by atoms with Crippen LogP contribution < -0.4 is 9.47 Å². The van der Waals surface area contributed by atoms with Gasteiger partial charge >= 0.3 is 12.1 Å². The number of halogens is 3. The zero-order valence-electron chi connectivity index (χ0n) is 18.6. The molecule has 0 aromatic heterocycles. The van der Waals surface area contributed by atoms with Crippen LogP contribution in [0.5, 0.6) is 17.2 Å². The lowest BCUT2D eigenvalue weighted by molar-refractivity contribution is -0.137. The van der Waals surface area contributed by atoms with E-state index < -0.39 is 17.7 Å². The Morgan fingerprint density at radius 2 is 1.68 bits per heavy atom. The maximum Gasteiger partial charge on any atom is 0.416 e. The molecule has 0 atom stereocenters. The highest BCUT2D eigenvalue weighted by Crippen LogP contribution is 2.32. The fraction of sp³-hybridized carbons (Fsp3) is 0.222. The number of carboxylic acids is 1. The van der Waals surface area contributed by atoms with E-state index in [1.165, 1.54) is 12.1 Å². The van der Waals surface area contributed by atoms with Crippen LogP contribution in [0.1, 0.15) is 42.9 Å². The Balaban J connectivity index is 1.87. The lowest BCUT2D eigenvalue weighted by Gasteiger charge is -2.14. The van der Waals surface area contributed by atoms with Gasteiger partial charge in [0.1, 0.15) is 23.9 Å². The Kier molecular flexibility index (Phi) is 8.35. The number of benzene rings is 3. The number of aliphatic carboxylic acids is 1. The van der Waals surface area contributed by atoms with Crippen LogP contribution in [0, 0.1) is 0 Å². The largest absolute Gasteiger partial charge is 0.488 e. The Labute approximate surface area is 196 Å². The first-order valence-electron chi connectivity index (χ1n) is 10.9. The summed E-state index contributed by atoms with van der Waals surface area (Å²) in [5, 5.41) is 9.62. The van der Waals surface area contributed by atoms with E-state index in [0.29, 0.717) is 34.8 Å². The topological polar surface area (TPSA) is 55.8 Å². The molecule has 0 amide bonds. The van der Waals surface area contributed by atoms with Gasteiger partial charge in [0.2, 0.25) is 0 Å². The van der Waals surface area contributed by atoms with Crippen molar-refractivity contribution in [2.24, 2.45) is 0 Å². The van der Waals surface area contributed by atoms with Gasteiger partial charge in [-0.2, -0.15) is 13.2 Å². The van der Waals surface area contributed by atoms with Crippen LogP contribution in [0.25, 0.3) is 6.08 Å². The molecular weight excluding hydrogens is 445 g/mol. The Hall–Kier alpha value is -3.74. The van der Waals surface area contributed by atoms with Crippen LogP contribution in [0.2, 0.25) is 0 Å². The molecule has 4 nitrogen and oxygen atoms in total. The van der Waals surface area contributed by atoms with Gasteiger partial charge in [-0.3, -0.25) is 0 Å². The average molecular weight is 470 g/mol. The lowest BCUT2D eigenvalue weighted by Crippen LogP contribution is -2.05. The SMILES string of the molecule is CCCC/C(=C\c1cc(Oc2ccccc2)ccc1OCc1ccc(C(F)(F)F)cc1)C(=O)O. The molecule has 0 aliphatic rings. The number of hydrogen-bond acceptors (Lipinski definition) is 3. The molecule has 0 radical (unpaired) electrons. The highest BCUT2D eigenvalue weighted by atomic mass is 19.4. The van der Waals surface area contributed by atoms with Crippen LogP contribution in [0.3, 0.4) is 0 Å². The van der Waals surface area contributed by atoms with Gasteiger partial charge < -0.3 is 14.6 Å². The van der Waals surface area contributed by atoms with E-state index >= 15 is 0 Å². The molecule has 0 saturated heterocycles. The first-order valence-corrected chi connectivity index (χ1v) is 10.9. The Morgan fingerprint density at radius 3 is 2.29 bits per heavy atom. The molecule has 0 unspecified atom stereocenters. The van der Waals surface area contributed by atoms with E-state index in [9.17, 15) is 23.1 Å². The number of para-hydroxylation sites is 1. The fourth-order valence-electron chi connectivity index (χ4n) is 3.21. The maximum absolute atomic E-state index is 12.8. The third-order valence-electron chi connectivity index (χ3n) is 5.04. The minimum Gasteiger partial charge on any atom is -0.488 e. The van der Waals surface area contributed by atoms with Crippen molar-refractivity contribution in [1.82, 2.24) is 0 Å². The standard InChI is InChI=1S/C27H25F3O4/c1-2-3-7-20(26(31)32)16-21-17-24(34-23-8-5-4-6-9-23)14-15-25(21)33-18-19-10-12-22(13-11-19)27(28,29)30/h4-6,8-17H,2-3,7,18H2,1H3,(H,31,32)/b20-16+. The number of alkyl halides is 3. The highest BCUT2D eigenvalue weighted by molar-refractivity contribution is 5.92. The van der Waals surface area contributed by atoms with E-state index in [1.54, 1.807) is 36.4 Å². The number of hydrogen-bond donors (Lipinski definition) is 1. The number of carbonyl (C=O) groups is 1. The van der Waals surface area contributed by atoms with E-state index in [1.807, 2.05) is 25.1 Å². The molecule has 0 saturated carbocycles. The fourth-order valence-corrected chi connectivity index (χ4v) is 3.21. The summed E-state index contributed by atoms with van der Waals surface area (Å²) in [5.41, 5.74) is 0.563. The molecule has 3 aromatic carbocycles. The third-order valence-corrected chi connectivity index (χ3v) is 5.04. The predicted molar refractivity (Wildman–Crippen MR) is 124 cm³/mol. The molecule has 0 aliphatic heterocycles. The average Bonchev–Trinajstić information content (AvgIpc) is 2.81. The van der Waals surface area contributed by atoms with Crippen LogP contribution in [0.4, 0.5) is 13.2 Å². The lowest BCUT2D eigenvalue weighted by atomic mass is 10.0. The zero-order chi connectivity index (χ0) is 24.6. The smallest absolute Gasteiger partial charge is 0.416 e. The van der Waals surface area contributed by atoms with Crippen molar-refractivity contribution >= 4 is 12.0 Å². The van der Waals surface area contributed by atoms with E-state index in [2.05, 4.69) is 0 Å². The predicted octanol–water partition coefficient (Wildman–Crippen LogP) is 7.73. The minimum atomic E-state index is -4.41. The van der Waals surface area contributed by atoms with Crippen LogP contribution in [-0.4, -0.2) is 11.1 Å². The maximum atomic E-state index is 12.8. The summed E-state index contributed by atoms with van der Waals surface area (Å²) in [6, 6.07) is 18.9. The Bertz CT molecular complexity index is 1120. The normalized spacial score (nSPS) is 11.8. The van der Waals surface area contributed by atoms with E-state index in [-0.39, 0.29) is 12.2 Å². The molecule has 0 fully saturated rings. The van der Waals surface area contributed by atoms with Crippen molar-refractivity contribution in [2.75, 3.05) is 0 Å². The van der Waals surface area contributed by atoms with Crippen molar-refractivity contribution in [3.63, 3.8) is 0 Å². The van der Waals surface area contributed by atoms with Gasteiger partial charge in [0.05, 0.1) is 5.56 Å². The van der Waals surface area contributed by atoms with Gasteiger partial charge in [-0.05, 0) is 66.9 Å². The van der Waals surface area contributed by atoms with E-state index in [0.717, 1.165) is 25.0 Å². The second kappa shape index (κ2) is 11.4. The van der Waals surface area contributed by atoms with Crippen molar-refractivity contribution in [3.8, 4) is 17.2 Å². The second-order valence-electron chi connectivity index (χ2n) is 7.68. The van der Waals surface area contributed by atoms with Crippen molar-refractivity contribution in [1.29, 1.82) is 0 Å². The molecule has 1 N–H and O–H groups in total. The third kappa shape index (κ3) is 7.13. The number of ether oxygens (including phenoxy) is 2. The van der Waals surface area contributed by atoms with Gasteiger partial charge in [-0.15, -0.1) is 0 Å². The summed E-state index contributed by atoms with van der Waals surface area (Å²) >= 11 is 0. The van der Waals surface area contributed by atoms with Gasteiger partial charge in [0, 0.05) is 11.1 Å². The van der Waals surface area contributed by atoms with Gasteiger partial charge in [0.15, 0.2) is 0 Å². The zero-order valence-corrected chi connectivity index (χ0v) is 18.6.